The molecule has 142 valence electrons. The van der Waals surface area contributed by atoms with E-state index in [1.165, 1.54) is 5.56 Å². The van der Waals surface area contributed by atoms with Crippen molar-refractivity contribution >= 4 is 17.8 Å². The Morgan fingerprint density at radius 1 is 1.07 bits per heavy atom. The second-order valence-electron chi connectivity index (χ2n) is 6.82. The predicted octanol–water partition coefficient (Wildman–Crippen LogP) is 4.22. The standard InChI is InChI=1S/C21H25N3O3/c1-15-4-6-17(7-5-15)14-27-21(26)23-19-10-8-18(9-11-19)16(2)22-20(25)24-12-3-13-24/h4-11,16H,3,12-14H2,1-2H3,(H,22,25)(H,23,26)/t16-/m0/s1. The number of nitrogens with zero attached hydrogens (tertiary/aromatic N) is 1. The first kappa shape index (κ1) is 18.8. The molecule has 3 rings (SSSR count). The van der Waals surface area contributed by atoms with Crippen molar-refractivity contribution in [2.75, 3.05) is 18.4 Å². The molecule has 1 atom stereocenters. The number of hydrogen-bond donors (Lipinski definition) is 2. The molecule has 0 unspecified atom stereocenters. The molecule has 3 amide bonds. The highest BCUT2D eigenvalue weighted by Crippen LogP contribution is 2.17. The van der Waals surface area contributed by atoms with E-state index in [9.17, 15) is 9.59 Å². The molecule has 1 aliphatic rings. The van der Waals surface area contributed by atoms with E-state index in [0.717, 1.165) is 30.6 Å². The van der Waals surface area contributed by atoms with Crippen molar-refractivity contribution in [3.05, 3.63) is 65.2 Å². The van der Waals surface area contributed by atoms with Gasteiger partial charge in [0.05, 0.1) is 6.04 Å². The summed E-state index contributed by atoms with van der Waals surface area (Å²) in [6, 6.07) is 15.1. The molecule has 27 heavy (non-hydrogen) atoms. The highest BCUT2D eigenvalue weighted by atomic mass is 16.5. The van der Waals surface area contributed by atoms with Crippen LogP contribution in [0.15, 0.2) is 48.5 Å². The van der Waals surface area contributed by atoms with E-state index < -0.39 is 6.09 Å². The van der Waals surface area contributed by atoms with Crippen molar-refractivity contribution in [3.63, 3.8) is 0 Å². The topological polar surface area (TPSA) is 70.7 Å². The third-order valence-corrected chi connectivity index (χ3v) is 4.63. The summed E-state index contributed by atoms with van der Waals surface area (Å²) in [4.78, 5) is 25.7. The predicted molar refractivity (Wildman–Crippen MR) is 105 cm³/mol. The molecule has 2 N–H and O–H groups in total. The van der Waals surface area contributed by atoms with Crippen LogP contribution in [0.1, 0.15) is 36.1 Å². The zero-order valence-corrected chi connectivity index (χ0v) is 15.7. The molecule has 0 saturated carbocycles. The Bertz CT molecular complexity index is 783. The number of anilines is 1. The van der Waals surface area contributed by atoms with Gasteiger partial charge in [0, 0.05) is 18.8 Å². The third-order valence-electron chi connectivity index (χ3n) is 4.63. The third kappa shape index (κ3) is 5.23. The Morgan fingerprint density at radius 3 is 2.33 bits per heavy atom. The fraction of sp³-hybridized carbons (Fsp3) is 0.333. The Kier molecular flexibility index (Phi) is 5.96. The number of carbonyl (C=O) groups is 2. The summed E-state index contributed by atoms with van der Waals surface area (Å²) in [5.74, 6) is 0. The monoisotopic (exact) mass is 367 g/mol. The molecule has 0 aliphatic carbocycles. The van der Waals surface area contributed by atoms with Crippen molar-refractivity contribution in [1.29, 1.82) is 0 Å². The highest BCUT2D eigenvalue weighted by Gasteiger charge is 2.21. The van der Waals surface area contributed by atoms with Gasteiger partial charge in [-0.15, -0.1) is 0 Å². The molecule has 2 aromatic carbocycles. The van der Waals surface area contributed by atoms with Crippen molar-refractivity contribution in [2.45, 2.75) is 32.9 Å². The number of benzene rings is 2. The van der Waals surface area contributed by atoms with Gasteiger partial charge in [0.15, 0.2) is 0 Å². The molecule has 0 aromatic heterocycles. The van der Waals surface area contributed by atoms with E-state index in [2.05, 4.69) is 10.6 Å². The largest absolute Gasteiger partial charge is 0.444 e. The van der Waals surface area contributed by atoms with Gasteiger partial charge in [-0.2, -0.15) is 0 Å². The molecule has 1 heterocycles. The number of rotatable bonds is 5. The molecule has 6 nitrogen and oxygen atoms in total. The molecular formula is C21H25N3O3. The second kappa shape index (κ2) is 8.58. The van der Waals surface area contributed by atoms with Gasteiger partial charge >= 0.3 is 12.1 Å². The van der Waals surface area contributed by atoms with Crippen molar-refractivity contribution < 1.29 is 14.3 Å². The number of urea groups is 1. The summed E-state index contributed by atoms with van der Waals surface area (Å²) in [6.07, 6.45) is 0.574. The van der Waals surface area contributed by atoms with E-state index in [4.69, 9.17) is 4.74 Å². The average Bonchev–Trinajstić information content (AvgIpc) is 2.60. The van der Waals surface area contributed by atoms with Crippen LogP contribution < -0.4 is 10.6 Å². The number of nitrogens with one attached hydrogen (secondary N) is 2. The normalized spacial score (nSPS) is 14.1. The number of aryl methyl sites for hydroxylation is 1. The second-order valence-corrected chi connectivity index (χ2v) is 6.82. The number of amides is 3. The molecule has 6 heteroatoms. The van der Waals surface area contributed by atoms with E-state index in [0.29, 0.717) is 5.69 Å². The first-order chi connectivity index (χ1) is 13.0. The van der Waals surface area contributed by atoms with Gasteiger partial charge in [0.2, 0.25) is 0 Å². The minimum atomic E-state index is -0.498. The van der Waals surface area contributed by atoms with Crippen LogP contribution >= 0.6 is 0 Å². The van der Waals surface area contributed by atoms with E-state index in [-0.39, 0.29) is 18.7 Å². The Labute approximate surface area is 159 Å². The quantitative estimate of drug-likeness (QED) is 0.831. The molecule has 0 spiro atoms. The van der Waals surface area contributed by atoms with Crippen molar-refractivity contribution in [2.24, 2.45) is 0 Å². The SMILES string of the molecule is Cc1ccc(COC(=O)Nc2ccc([C@H](C)NC(=O)N3CCC3)cc2)cc1. The molecular weight excluding hydrogens is 342 g/mol. The lowest BCUT2D eigenvalue weighted by Crippen LogP contribution is -2.48. The van der Waals surface area contributed by atoms with Gasteiger partial charge in [-0.1, -0.05) is 42.0 Å². The zero-order chi connectivity index (χ0) is 19.2. The average molecular weight is 367 g/mol. The summed E-state index contributed by atoms with van der Waals surface area (Å²) in [5.41, 5.74) is 3.73. The van der Waals surface area contributed by atoms with Gasteiger partial charge in [0.1, 0.15) is 6.61 Å². The van der Waals surface area contributed by atoms with E-state index in [1.54, 1.807) is 17.0 Å². The number of ether oxygens (including phenoxy) is 1. The number of likely N-dealkylation sites (tertiary alicyclic amines) is 1. The smallest absolute Gasteiger partial charge is 0.411 e. The lowest BCUT2D eigenvalue weighted by atomic mass is 10.1. The van der Waals surface area contributed by atoms with Crippen LogP contribution in [0.4, 0.5) is 15.3 Å². The highest BCUT2D eigenvalue weighted by molar-refractivity contribution is 5.84. The van der Waals surface area contributed by atoms with Gasteiger partial charge in [-0.05, 0) is 43.5 Å². The van der Waals surface area contributed by atoms with Crippen molar-refractivity contribution in [1.82, 2.24) is 10.2 Å². The van der Waals surface area contributed by atoms with Crippen molar-refractivity contribution in [3.8, 4) is 0 Å². The maximum atomic E-state index is 12.0. The molecule has 2 aromatic rings. The van der Waals surface area contributed by atoms with Crippen LogP contribution in [0.2, 0.25) is 0 Å². The number of carbonyl (C=O) groups excluding carboxylic acids is 2. The maximum Gasteiger partial charge on any atom is 0.411 e. The lowest BCUT2D eigenvalue weighted by Gasteiger charge is -2.32. The minimum Gasteiger partial charge on any atom is -0.444 e. The van der Waals surface area contributed by atoms with Crippen LogP contribution in [0.3, 0.4) is 0 Å². The van der Waals surface area contributed by atoms with Gasteiger partial charge in [-0.25, -0.2) is 9.59 Å². The van der Waals surface area contributed by atoms with E-state index >= 15 is 0 Å². The summed E-state index contributed by atoms with van der Waals surface area (Å²) >= 11 is 0. The summed E-state index contributed by atoms with van der Waals surface area (Å²) in [6.45, 7) is 5.83. The zero-order valence-electron chi connectivity index (χ0n) is 15.7. The van der Waals surface area contributed by atoms with Gasteiger partial charge in [0.25, 0.3) is 0 Å². The Balaban J connectivity index is 1.47. The summed E-state index contributed by atoms with van der Waals surface area (Å²) < 4.78 is 5.23. The fourth-order valence-corrected chi connectivity index (χ4v) is 2.72. The lowest BCUT2D eigenvalue weighted by molar-refractivity contribution is 0.155. The molecule has 0 bridgehead atoms. The first-order valence-corrected chi connectivity index (χ1v) is 9.16. The first-order valence-electron chi connectivity index (χ1n) is 9.16. The van der Waals surface area contributed by atoms with Crippen LogP contribution in [0.25, 0.3) is 0 Å². The molecule has 1 aliphatic heterocycles. The van der Waals surface area contributed by atoms with Gasteiger partial charge < -0.3 is 15.0 Å². The minimum absolute atomic E-state index is 0.0318. The van der Waals surface area contributed by atoms with Crippen LogP contribution in [0.5, 0.6) is 0 Å². The Hall–Kier alpha value is -3.02. The van der Waals surface area contributed by atoms with Crippen LogP contribution in [-0.4, -0.2) is 30.1 Å². The molecule has 0 radical (unpaired) electrons. The summed E-state index contributed by atoms with van der Waals surface area (Å²) in [7, 11) is 0. The Morgan fingerprint density at radius 2 is 1.74 bits per heavy atom. The van der Waals surface area contributed by atoms with Crippen LogP contribution in [0, 0.1) is 6.92 Å². The van der Waals surface area contributed by atoms with E-state index in [1.807, 2.05) is 50.2 Å². The maximum absolute atomic E-state index is 12.0. The summed E-state index contributed by atoms with van der Waals surface area (Å²) in [5, 5.41) is 5.69. The molecule has 1 fully saturated rings. The fourth-order valence-electron chi connectivity index (χ4n) is 2.72. The molecule has 1 saturated heterocycles. The van der Waals surface area contributed by atoms with Crippen LogP contribution in [-0.2, 0) is 11.3 Å². The number of hydrogen-bond acceptors (Lipinski definition) is 3. The van der Waals surface area contributed by atoms with Gasteiger partial charge in [-0.3, -0.25) is 5.32 Å².